The van der Waals surface area contributed by atoms with Crippen molar-refractivity contribution in [1.29, 1.82) is 0 Å². The van der Waals surface area contributed by atoms with Crippen molar-refractivity contribution in [2.45, 2.75) is 17.3 Å². The van der Waals surface area contributed by atoms with Crippen LogP contribution in [0.2, 0.25) is 0 Å². The number of methoxy groups -OCH3 is 3. The summed E-state index contributed by atoms with van der Waals surface area (Å²) in [6.45, 7) is 1.74. The summed E-state index contributed by atoms with van der Waals surface area (Å²) in [6.07, 6.45) is 0. The Morgan fingerprint density at radius 3 is 2.21 bits per heavy atom. The Balaban J connectivity index is 1.77. The smallest absolute Gasteiger partial charge is 0.269 e. The van der Waals surface area contributed by atoms with Crippen LogP contribution < -0.4 is 19.5 Å². The fourth-order valence-electron chi connectivity index (χ4n) is 3.00. The maximum atomic E-state index is 12.6. The van der Waals surface area contributed by atoms with E-state index in [2.05, 4.69) is 15.5 Å². The van der Waals surface area contributed by atoms with E-state index in [1.807, 2.05) is 0 Å². The quantitative estimate of drug-likeness (QED) is 0.282. The van der Waals surface area contributed by atoms with Gasteiger partial charge in [-0.25, -0.2) is 0 Å². The fraction of sp³-hybridized carbons (Fsp3) is 0.286. The van der Waals surface area contributed by atoms with Crippen LogP contribution in [-0.4, -0.2) is 52.2 Å². The average molecular weight is 474 g/mol. The maximum Gasteiger partial charge on any atom is 0.269 e. The minimum absolute atomic E-state index is 0.0474. The number of carbonyl (C=O) groups is 1. The summed E-state index contributed by atoms with van der Waals surface area (Å²) < 4.78 is 17.9. The Labute approximate surface area is 194 Å². The van der Waals surface area contributed by atoms with Crippen molar-refractivity contribution in [2.75, 3.05) is 26.6 Å². The number of thioether (sulfide) groups is 1. The summed E-state index contributed by atoms with van der Waals surface area (Å²) in [5, 5.41) is 22.0. The third-order valence-electron chi connectivity index (χ3n) is 4.75. The minimum Gasteiger partial charge on any atom is -0.493 e. The van der Waals surface area contributed by atoms with E-state index in [0.29, 0.717) is 39.5 Å². The molecule has 1 heterocycles. The molecule has 3 rings (SSSR count). The normalized spacial score (nSPS) is 11.5. The van der Waals surface area contributed by atoms with Gasteiger partial charge in [-0.05, 0) is 31.2 Å². The first-order valence-electron chi connectivity index (χ1n) is 9.70. The number of nitrogens with one attached hydrogen (secondary N) is 1. The van der Waals surface area contributed by atoms with Gasteiger partial charge in [0.1, 0.15) is 0 Å². The Bertz CT molecular complexity index is 1140. The second kappa shape index (κ2) is 10.2. The summed E-state index contributed by atoms with van der Waals surface area (Å²) in [7, 11) is 6.39. The molecule has 0 saturated heterocycles. The predicted octanol–water partition coefficient (Wildman–Crippen LogP) is 3.54. The Kier molecular flexibility index (Phi) is 7.38. The van der Waals surface area contributed by atoms with Crippen molar-refractivity contribution >= 4 is 29.0 Å². The Morgan fingerprint density at radius 2 is 1.70 bits per heavy atom. The third kappa shape index (κ3) is 5.17. The van der Waals surface area contributed by atoms with E-state index in [1.54, 1.807) is 30.7 Å². The number of nitro benzene ring substituents is 1. The van der Waals surface area contributed by atoms with Gasteiger partial charge in [-0.15, -0.1) is 10.2 Å². The van der Waals surface area contributed by atoms with Crippen LogP contribution in [0.5, 0.6) is 17.2 Å². The van der Waals surface area contributed by atoms with Crippen molar-refractivity contribution < 1.29 is 23.9 Å². The lowest BCUT2D eigenvalue weighted by Gasteiger charge is -2.14. The molecule has 1 atom stereocenters. The van der Waals surface area contributed by atoms with Gasteiger partial charge in [0.15, 0.2) is 22.5 Å². The average Bonchev–Trinajstić information content (AvgIpc) is 3.18. The van der Waals surface area contributed by atoms with Crippen molar-refractivity contribution in [3.8, 4) is 28.6 Å². The monoisotopic (exact) mass is 473 g/mol. The number of amides is 1. The highest BCUT2D eigenvalue weighted by Crippen LogP contribution is 2.41. The molecule has 0 aliphatic carbocycles. The van der Waals surface area contributed by atoms with Crippen LogP contribution in [0.4, 0.5) is 11.4 Å². The standard InChI is InChI=1S/C21H23N5O6S/c1-12(20(27)22-14-6-8-15(9-7-14)26(28)29)33-21-24-23-19(25(21)2)13-10-16(30-3)18(32-5)17(11-13)31-4/h6-12H,1-5H3,(H,22,27)/t12-/m1/s1. The highest BCUT2D eigenvalue weighted by atomic mass is 32.2. The molecule has 0 aliphatic heterocycles. The van der Waals surface area contributed by atoms with Crippen LogP contribution in [0, 0.1) is 10.1 Å². The number of nitrogens with zero attached hydrogens (tertiary/aromatic N) is 4. The molecule has 2 aromatic carbocycles. The van der Waals surface area contributed by atoms with Crippen molar-refractivity contribution in [2.24, 2.45) is 7.05 Å². The van der Waals surface area contributed by atoms with Crippen LogP contribution in [0.1, 0.15) is 6.92 Å². The van der Waals surface area contributed by atoms with Crippen LogP contribution >= 0.6 is 11.8 Å². The highest BCUT2D eigenvalue weighted by molar-refractivity contribution is 8.00. The van der Waals surface area contributed by atoms with E-state index in [-0.39, 0.29) is 11.6 Å². The molecule has 174 valence electrons. The van der Waals surface area contributed by atoms with Gasteiger partial charge in [0.25, 0.3) is 5.69 Å². The third-order valence-corrected chi connectivity index (χ3v) is 5.89. The van der Waals surface area contributed by atoms with E-state index >= 15 is 0 Å². The number of carbonyl (C=O) groups excluding carboxylic acids is 1. The van der Waals surface area contributed by atoms with Gasteiger partial charge in [-0.1, -0.05) is 11.8 Å². The number of nitro groups is 1. The SMILES string of the molecule is COc1cc(-c2nnc(S[C@H](C)C(=O)Nc3ccc([N+](=O)[O-])cc3)n2C)cc(OC)c1OC. The zero-order valence-electron chi connectivity index (χ0n) is 18.7. The molecule has 0 bridgehead atoms. The van der Waals surface area contributed by atoms with Crippen molar-refractivity contribution in [3.05, 3.63) is 46.5 Å². The number of hydrogen-bond donors (Lipinski definition) is 1. The lowest BCUT2D eigenvalue weighted by Crippen LogP contribution is -2.22. The number of aromatic nitrogens is 3. The molecular formula is C21H23N5O6S. The molecule has 33 heavy (non-hydrogen) atoms. The number of hydrogen-bond acceptors (Lipinski definition) is 9. The van der Waals surface area contributed by atoms with Crippen LogP contribution in [0.15, 0.2) is 41.6 Å². The van der Waals surface area contributed by atoms with Gasteiger partial charge in [0, 0.05) is 30.4 Å². The summed E-state index contributed by atoms with van der Waals surface area (Å²) >= 11 is 1.23. The topological polar surface area (TPSA) is 131 Å². The van der Waals surface area contributed by atoms with Gasteiger partial charge >= 0.3 is 0 Å². The molecule has 0 unspecified atom stereocenters. The van der Waals surface area contributed by atoms with E-state index in [0.717, 1.165) is 0 Å². The number of rotatable bonds is 9. The lowest BCUT2D eigenvalue weighted by atomic mass is 10.1. The van der Waals surface area contributed by atoms with E-state index in [4.69, 9.17) is 14.2 Å². The van der Waals surface area contributed by atoms with Gasteiger partial charge < -0.3 is 24.1 Å². The van der Waals surface area contributed by atoms with Gasteiger partial charge in [-0.2, -0.15) is 0 Å². The van der Waals surface area contributed by atoms with Crippen LogP contribution in [-0.2, 0) is 11.8 Å². The highest BCUT2D eigenvalue weighted by Gasteiger charge is 2.22. The lowest BCUT2D eigenvalue weighted by molar-refractivity contribution is -0.384. The first-order chi connectivity index (χ1) is 15.8. The summed E-state index contributed by atoms with van der Waals surface area (Å²) in [5.74, 6) is 1.72. The summed E-state index contributed by atoms with van der Waals surface area (Å²) in [6, 6.07) is 9.17. The molecule has 0 saturated carbocycles. The predicted molar refractivity (Wildman–Crippen MR) is 123 cm³/mol. The Hall–Kier alpha value is -3.80. The zero-order valence-corrected chi connectivity index (χ0v) is 19.5. The van der Waals surface area contributed by atoms with E-state index < -0.39 is 10.2 Å². The molecule has 0 radical (unpaired) electrons. The maximum absolute atomic E-state index is 12.6. The molecule has 0 fully saturated rings. The molecule has 0 aliphatic rings. The molecule has 1 aromatic heterocycles. The second-order valence-electron chi connectivity index (χ2n) is 6.83. The summed E-state index contributed by atoms with van der Waals surface area (Å²) in [4.78, 5) is 22.9. The fourth-order valence-corrected chi connectivity index (χ4v) is 3.82. The number of ether oxygens (including phenoxy) is 3. The minimum atomic E-state index is -0.504. The number of benzene rings is 2. The summed E-state index contributed by atoms with van der Waals surface area (Å²) in [5.41, 5.74) is 1.12. The van der Waals surface area contributed by atoms with Gasteiger partial charge in [0.2, 0.25) is 11.7 Å². The first kappa shape index (κ1) is 23.9. The molecule has 1 N–H and O–H groups in total. The molecule has 3 aromatic rings. The largest absolute Gasteiger partial charge is 0.493 e. The van der Waals surface area contributed by atoms with E-state index in [9.17, 15) is 14.9 Å². The second-order valence-corrected chi connectivity index (χ2v) is 8.14. The van der Waals surface area contributed by atoms with E-state index in [1.165, 1.54) is 57.4 Å². The molecule has 1 amide bonds. The number of non-ortho nitro benzene ring substituents is 1. The van der Waals surface area contributed by atoms with Crippen molar-refractivity contribution in [3.63, 3.8) is 0 Å². The van der Waals surface area contributed by atoms with Crippen LogP contribution in [0.25, 0.3) is 11.4 Å². The molecule has 11 nitrogen and oxygen atoms in total. The van der Waals surface area contributed by atoms with Crippen molar-refractivity contribution in [1.82, 2.24) is 14.8 Å². The number of anilines is 1. The Morgan fingerprint density at radius 1 is 1.09 bits per heavy atom. The first-order valence-corrected chi connectivity index (χ1v) is 10.6. The molecule has 0 spiro atoms. The van der Waals surface area contributed by atoms with Gasteiger partial charge in [0.05, 0.1) is 31.5 Å². The zero-order chi connectivity index (χ0) is 24.1. The molecular weight excluding hydrogens is 450 g/mol. The van der Waals surface area contributed by atoms with Crippen LogP contribution in [0.3, 0.4) is 0 Å². The molecule has 12 heteroatoms. The van der Waals surface area contributed by atoms with Gasteiger partial charge in [-0.3, -0.25) is 14.9 Å².